The van der Waals surface area contributed by atoms with Gasteiger partial charge >= 0.3 is 0 Å². The van der Waals surface area contributed by atoms with E-state index in [2.05, 4.69) is 27.5 Å². The van der Waals surface area contributed by atoms with Crippen molar-refractivity contribution in [2.45, 2.75) is 81.1 Å². The third-order valence-electron chi connectivity index (χ3n) is 11.0. The van der Waals surface area contributed by atoms with Crippen molar-refractivity contribution in [1.29, 1.82) is 5.26 Å². The number of alkyl halides is 1. The number of halogens is 1. The maximum atomic E-state index is 14.3. The lowest BCUT2D eigenvalue weighted by Crippen LogP contribution is -2.70. The highest BCUT2D eigenvalue weighted by Crippen LogP contribution is 2.53. The van der Waals surface area contributed by atoms with Gasteiger partial charge in [-0.15, -0.1) is 0 Å². The number of rotatable bonds is 5. The Morgan fingerprint density at radius 1 is 1.22 bits per heavy atom. The molecule has 3 fully saturated rings. The lowest BCUT2D eigenvalue weighted by Gasteiger charge is -2.49. The van der Waals surface area contributed by atoms with Crippen molar-refractivity contribution in [1.82, 2.24) is 25.3 Å². The number of anilines is 2. The van der Waals surface area contributed by atoms with Crippen LogP contribution in [0.25, 0.3) is 11.5 Å². The van der Waals surface area contributed by atoms with E-state index in [-0.39, 0.29) is 17.7 Å². The van der Waals surface area contributed by atoms with Crippen LogP contribution < -0.4 is 20.7 Å². The number of likely N-dealkylation sites (tertiary alicyclic amines) is 1. The third-order valence-corrected chi connectivity index (χ3v) is 11.0. The molecule has 2 aliphatic carbocycles. The van der Waals surface area contributed by atoms with Gasteiger partial charge in [-0.3, -0.25) is 4.90 Å². The van der Waals surface area contributed by atoms with E-state index >= 15 is 0 Å². The molecule has 46 heavy (non-hydrogen) atoms. The van der Waals surface area contributed by atoms with Crippen LogP contribution in [0.3, 0.4) is 0 Å². The summed E-state index contributed by atoms with van der Waals surface area (Å²) in [7, 11) is 1.94. The fourth-order valence-corrected chi connectivity index (χ4v) is 8.71. The Hall–Kier alpha value is -3.79. The second-order valence-electron chi connectivity index (χ2n) is 14.0. The summed E-state index contributed by atoms with van der Waals surface area (Å²) in [5.41, 5.74) is 10.6. The zero-order chi connectivity index (χ0) is 31.6. The summed E-state index contributed by atoms with van der Waals surface area (Å²) in [6.45, 7) is 6.04. The molecule has 2 aromatic heterocycles. The molecular formula is C34H41FN8O3. The molecule has 3 aromatic rings. The summed E-state index contributed by atoms with van der Waals surface area (Å²) >= 11 is 0. The number of aromatic nitrogens is 3. The third kappa shape index (κ3) is 4.74. The number of likely N-dealkylation sites (N-methyl/N-ethyl adjacent to an activating group) is 1. The van der Waals surface area contributed by atoms with Gasteiger partial charge in [0, 0.05) is 49.5 Å². The van der Waals surface area contributed by atoms with E-state index in [1.807, 2.05) is 31.0 Å². The summed E-state index contributed by atoms with van der Waals surface area (Å²) in [4.78, 5) is 14.3. The second kappa shape index (κ2) is 11.2. The minimum Gasteiger partial charge on any atom is -0.473 e. The van der Waals surface area contributed by atoms with Crippen molar-refractivity contribution in [2.24, 2.45) is 0 Å². The Morgan fingerprint density at radius 3 is 2.78 bits per heavy atom. The van der Waals surface area contributed by atoms with E-state index in [4.69, 9.17) is 29.7 Å². The lowest BCUT2D eigenvalue weighted by molar-refractivity contribution is -0.0743. The first-order valence-corrected chi connectivity index (χ1v) is 16.6. The van der Waals surface area contributed by atoms with Crippen LogP contribution in [0.2, 0.25) is 0 Å². The summed E-state index contributed by atoms with van der Waals surface area (Å²) in [5, 5.41) is 18.5. The number of ether oxygens (including phenoxy) is 2. The van der Waals surface area contributed by atoms with Crippen molar-refractivity contribution in [3.63, 3.8) is 0 Å². The second-order valence-corrected chi connectivity index (χ2v) is 14.0. The van der Waals surface area contributed by atoms with E-state index < -0.39 is 11.6 Å². The molecule has 3 saturated heterocycles. The normalized spacial score (nSPS) is 27.6. The van der Waals surface area contributed by atoms with Crippen molar-refractivity contribution in [2.75, 3.05) is 57.1 Å². The van der Waals surface area contributed by atoms with Gasteiger partial charge in [0.2, 0.25) is 5.88 Å². The highest BCUT2D eigenvalue weighted by molar-refractivity contribution is 5.67. The van der Waals surface area contributed by atoms with Crippen molar-refractivity contribution in [3.8, 4) is 23.5 Å². The Balaban J connectivity index is 1.21. The van der Waals surface area contributed by atoms with E-state index in [9.17, 15) is 9.65 Å². The van der Waals surface area contributed by atoms with E-state index in [1.165, 1.54) is 0 Å². The lowest BCUT2D eigenvalue weighted by atomic mass is 9.61. The first-order valence-electron chi connectivity index (χ1n) is 16.6. The topological polar surface area (TPSA) is 139 Å². The number of aryl methyl sites for hydroxylation is 1. The van der Waals surface area contributed by atoms with Crippen molar-refractivity contribution < 1.29 is 18.4 Å². The predicted octanol–water partition coefficient (Wildman–Crippen LogP) is 3.53. The first-order chi connectivity index (χ1) is 22.3. The highest BCUT2D eigenvalue weighted by Gasteiger charge is 2.48. The van der Waals surface area contributed by atoms with Crippen LogP contribution in [0.5, 0.6) is 5.88 Å². The monoisotopic (exact) mass is 628 g/mol. The van der Waals surface area contributed by atoms with Gasteiger partial charge in [0.15, 0.2) is 17.3 Å². The average molecular weight is 629 g/mol. The van der Waals surface area contributed by atoms with Gasteiger partial charge in [-0.05, 0) is 76.1 Å². The van der Waals surface area contributed by atoms with Gasteiger partial charge in [0.1, 0.15) is 24.2 Å². The van der Waals surface area contributed by atoms with Gasteiger partial charge in [0.05, 0.1) is 29.7 Å². The number of nitriles is 1. The molecule has 4 atom stereocenters. The van der Waals surface area contributed by atoms with Crippen LogP contribution in [0.15, 0.2) is 22.7 Å². The molecule has 3 aliphatic heterocycles. The molecule has 0 unspecified atom stereocenters. The fourth-order valence-electron chi connectivity index (χ4n) is 8.71. The Labute approximate surface area is 268 Å². The minimum absolute atomic E-state index is 0.0562. The maximum absolute atomic E-state index is 14.3. The van der Waals surface area contributed by atoms with Gasteiger partial charge in [-0.1, -0.05) is 11.2 Å². The number of hydrogen-bond donors (Lipinski definition) is 2. The van der Waals surface area contributed by atoms with E-state index in [0.717, 1.165) is 86.4 Å². The molecule has 1 aromatic carbocycles. The van der Waals surface area contributed by atoms with Crippen LogP contribution in [0, 0.1) is 11.3 Å². The molecule has 12 heteroatoms. The van der Waals surface area contributed by atoms with E-state index in [0.29, 0.717) is 54.8 Å². The molecule has 242 valence electrons. The quantitative estimate of drug-likeness (QED) is 0.401. The first kappa shape index (κ1) is 29.6. The largest absolute Gasteiger partial charge is 0.473 e. The summed E-state index contributed by atoms with van der Waals surface area (Å²) in [6, 6.07) is 8.16. The van der Waals surface area contributed by atoms with Crippen LogP contribution in [-0.2, 0) is 23.0 Å². The molecule has 0 bridgehead atoms. The van der Waals surface area contributed by atoms with Crippen molar-refractivity contribution in [3.05, 3.63) is 46.2 Å². The number of piperazine rings is 1. The molecular weight excluding hydrogens is 587 g/mol. The predicted molar refractivity (Wildman–Crippen MR) is 170 cm³/mol. The number of hydrogen-bond acceptors (Lipinski definition) is 11. The summed E-state index contributed by atoms with van der Waals surface area (Å²) < 4.78 is 32.6. The molecule has 5 heterocycles. The van der Waals surface area contributed by atoms with Crippen LogP contribution in [-0.4, -0.2) is 90.3 Å². The number of benzene rings is 1. The molecule has 3 N–H and O–H groups in total. The number of nitrogens with two attached hydrogens (primary N) is 1. The fraction of sp³-hybridized carbons (Fsp3) is 0.588. The van der Waals surface area contributed by atoms with Crippen LogP contribution in [0.4, 0.5) is 15.9 Å². The number of nitrogen functional groups attached to an aromatic ring is 1. The number of nitrogens with zero attached hydrogens (tertiary/aromatic N) is 6. The zero-order valence-corrected chi connectivity index (χ0v) is 26.5. The average Bonchev–Trinajstić information content (AvgIpc) is 3.64. The van der Waals surface area contributed by atoms with Crippen molar-refractivity contribution >= 4 is 11.5 Å². The Bertz CT molecular complexity index is 1700. The maximum Gasteiger partial charge on any atom is 0.219 e. The molecule has 0 radical (unpaired) electrons. The smallest absolute Gasteiger partial charge is 0.219 e. The van der Waals surface area contributed by atoms with E-state index in [1.54, 1.807) is 0 Å². The molecule has 8 rings (SSSR count). The Kier molecular flexibility index (Phi) is 7.19. The molecule has 2 spiro atoms. The van der Waals surface area contributed by atoms with Gasteiger partial charge in [0.25, 0.3) is 0 Å². The highest BCUT2D eigenvalue weighted by atomic mass is 19.1. The number of fused-ring (bicyclic) bond motifs is 4. The summed E-state index contributed by atoms with van der Waals surface area (Å²) in [6.07, 6.45) is 4.59. The SMILES string of the molecule is C[C@H](Oc1cc(N2CCNC3(COC3)C2)nc(-c2noc3c2CCC[C@@]32CCCc3ccc(N)c(C#N)c32)n1)[C@@H]1C[C@@H](F)CN1C. The van der Waals surface area contributed by atoms with Gasteiger partial charge < -0.3 is 29.9 Å². The summed E-state index contributed by atoms with van der Waals surface area (Å²) in [5.74, 6) is 2.45. The van der Waals surface area contributed by atoms with Gasteiger partial charge in [-0.25, -0.2) is 9.37 Å². The zero-order valence-electron chi connectivity index (χ0n) is 26.5. The molecule has 5 aliphatic rings. The molecule has 11 nitrogen and oxygen atoms in total. The van der Waals surface area contributed by atoms with Crippen LogP contribution >= 0.6 is 0 Å². The Morgan fingerprint density at radius 2 is 2.04 bits per heavy atom. The molecule has 0 saturated carbocycles. The minimum atomic E-state index is -0.866. The van der Waals surface area contributed by atoms with Crippen LogP contribution in [0.1, 0.15) is 67.0 Å². The number of nitrogens with one attached hydrogen (secondary N) is 1. The molecule has 0 amide bonds. The standard InChI is InChI=1S/C34H41FN8O3/c1-20(26-13-22(35)16-42(26)2)45-28-14-27(43-12-11-38-33(17-43)18-44-19-33)39-32(40-28)30-23-6-4-10-34(31(23)46-41-30)9-3-5-21-7-8-25(37)24(15-36)29(21)34/h7-8,14,20,22,26,38H,3-6,9-13,16-19,37H2,1-2H3/t20-,22+,26-,34+/m0/s1. The van der Waals surface area contributed by atoms with Gasteiger partial charge in [-0.2, -0.15) is 10.2 Å².